The van der Waals surface area contributed by atoms with Crippen LogP contribution in [0.15, 0.2) is 24.3 Å². The van der Waals surface area contributed by atoms with Crippen LogP contribution < -0.4 is 16.0 Å². The molecule has 178 valence electrons. The highest BCUT2D eigenvalue weighted by Crippen LogP contribution is 2.16. The normalized spacial score (nSPS) is 15.8. The fraction of sp³-hybridized carbons (Fsp3) is 0.545. The predicted molar refractivity (Wildman–Crippen MR) is 120 cm³/mol. The molecule has 9 nitrogen and oxygen atoms in total. The minimum atomic E-state index is -1.00. The van der Waals surface area contributed by atoms with Gasteiger partial charge in [0, 0.05) is 17.5 Å². The van der Waals surface area contributed by atoms with E-state index in [2.05, 4.69) is 36.7 Å². The molecule has 1 aliphatic heterocycles. The second-order valence-corrected chi connectivity index (χ2v) is 8.48. The number of benzene rings is 1. The number of hydrogen-bond donors (Lipinski definition) is 4. The number of carbonyl (C=O) groups is 4. The van der Waals surface area contributed by atoms with Gasteiger partial charge in [-0.25, -0.2) is 4.79 Å². The van der Waals surface area contributed by atoms with Gasteiger partial charge in [0.25, 0.3) is 0 Å². The Morgan fingerprint density at radius 1 is 1.28 bits per heavy atom. The van der Waals surface area contributed by atoms with E-state index in [-0.39, 0.29) is 18.9 Å². The zero-order valence-electron chi connectivity index (χ0n) is 18.7. The van der Waals surface area contributed by atoms with Crippen LogP contribution in [0.2, 0.25) is 5.02 Å². The maximum atomic E-state index is 12.0. The van der Waals surface area contributed by atoms with Crippen molar-refractivity contribution in [2.45, 2.75) is 46.3 Å². The molecule has 0 bridgehead atoms. The molecule has 0 aliphatic carbocycles. The number of halogens is 1. The van der Waals surface area contributed by atoms with Crippen molar-refractivity contribution < 1.29 is 29.0 Å². The molecule has 4 N–H and O–H groups in total. The lowest BCUT2D eigenvalue weighted by atomic mass is 9.96. The van der Waals surface area contributed by atoms with Crippen molar-refractivity contribution in [1.82, 2.24) is 16.0 Å². The Morgan fingerprint density at radius 3 is 2.53 bits per heavy atom. The standard InChI is InChI=1S/C18H22ClN3O6.C4H10/c19-13-3-1-2-11(6-13)10-28-18(27)21-8-16(25)22-14(15(24)9-23)7-12-4-5-20-17(12)26;1-4(2)3/h1-3,6,12,14,23H,4-5,7-10H2,(H,20,26)(H,21,27)(H,22,25);4H,1-3H3. The summed E-state index contributed by atoms with van der Waals surface area (Å²) in [6, 6.07) is 5.78. The zero-order valence-corrected chi connectivity index (χ0v) is 19.4. The Balaban J connectivity index is 0.00000118. The third-order valence-electron chi connectivity index (χ3n) is 4.21. The lowest BCUT2D eigenvalue weighted by Crippen LogP contribution is -2.47. The van der Waals surface area contributed by atoms with Crippen molar-refractivity contribution in [1.29, 1.82) is 0 Å². The summed E-state index contributed by atoms with van der Waals surface area (Å²) in [6.07, 6.45) is -0.163. The van der Waals surface area contributed by atoms with E-state index in [0.717, 1.165) is 5.92 Å². The zero-order chi connectivity index (χ0) is 24.1. The highest BCUT2D eigenvalue weighted by molar-refractivity contribution is 6.30. The van der Waals surface area contributed by atoms with Gasteiger partial charge >= 0.3 is 6.09 Å². The van der Waals surface area contributed by atoms with Crippen LogP contribution in [0.5, 0.6) is 0 Å². The van der Waals surface area contributed by atoms with E-state index in [1.54, 1.807) is 24.3 Å². The van der Waals surface area contributed by atoms with Crippen molar-refractivity contribution in [3.63, 3.8) is 0 Å². The van der Waals surface area contributed by atoms with Crippen molar-refractivity contribution in [2.24, 2.45) is 11.8 Å². The average molecular weight is 470 g/mol. The first-order valence-electron chi connectivity index (χ1n) is 10.5. The van der Waals surface area contributed by atoms with Crippen molar-refractivity contribution in [2.75, 3.05) is 19.7 Å². The van der Waals surface area contributed by atoms with Crippen LogP contribution in [0.3, 0.4) is 0 Å². The molecule has 1 fully saturated rings. The number of alkyl carbamates (subject to hydrolysis) is 1. The minimum absolute atomic E-state index is 0.0174. The van der Waals surface area contributed by atoms with Gasteiger partial charge < -0.3 is 25.8 Å². The largest absolute Gasteiger partial charge is 0.445 e. The molecule has 0 radical (unpaired) electrons. The molecule has 0 spiro atoms. The molecule has 0 saturated carbocycles. The summed E-state index contributed by atoms with van der Waals surface area (Å²) in [6.45, 7) is 5.82. The fourth-order valence-corrected chi connectivity index (χ4v) is 2.97. The summed E-state index contributed by atoms with van der Waals surface area (Å²) in [7, 11) is 0. The molecule has 1 aliphatic rings. The first-order chi connectivity index (χ1) is 15.1. The quantitative estimate of drug-likeness (QED) is 0.435. The molecule has 2 atom stereocenters. The van der Waals surface area contributed by atoms with Gasteiger partial charge in [-0.1, -0.05) is 44.5 Å². The fourth-order valence-electron chi connectivity index (χ4n) is 2.76. The van der Waals surface area contributed by atoms with Gasteiger partial charge in [-0.3, -0.25) is 14.4 Å². The van der Waals surface area contributed by atoms with Crippen LogP contribution >= 0.6 is 11.6 Å². The third kappa shape index (κ3) is 11.1. The maximum Gasteiger partial charge on any atom is 0.407 e. The molecular weight excluding hydrogens is 438 g/mol. The number of ketones is 1. The lowest BCUT2D eigenvalue weighted by molar-refractivity contribution is -0.130. The van der Waals surface area contributed by atoms with E-state index >= 15 is 0 Å². The molecule has 3 amide bonds. The van der Waals surface area contributed by atoms with E-state index in [0.29, 0.717) is 23.6 Å². The van der Waals surface area contributed by atoms with Crippen LogP contribution in [0, 0.1) is 11.8 Å². The van der Waals surface area contributed by atoms with Gasteiger partial charge in [0.05, 0.1) is 6.04 Å². The monoisotopic (exact) mass is 469 g/mol. The SMILES string of the molecule is CC(C)C.O=C(CNC(=O)OCc1cccc(Cl)c1)NC(CC1CCNC1=O)C(=O)CO. The molecule has 0 aromatic heterocycles. The second kappa shape index (κ2) is 14.4. The highest BCUT2D eigenvalue weighted by atomic mass is 35.5. The average Bonchev–Trinajstić information content (AvgIpc) is 3.13. The number of rotatable bonds is 9. The smallest absolute Gasteiger partial charge is 0.407 e. The molecule has 1 aromatic rings. The molecule has 2 unspecified atom stereocenters. The van der Waals surface area contributed by atoms with Gasteiger partial charge in [0.1, 0.15) is 19.8 Å². The van der Waals surface area contributed by atoms with Crippen LogP contribution in [0.25, 0.3) is 0 Å². The maximum absolute atomic E-state index is 12.0. The Labute approximate surface area is 193 Å². The Morgan fingerprint density at radius 2 is 1.97 bits per heavy atom. The number of aliphatic hydroxyl groups is 1. The van der Waals surface area contributed by atoms with E-state index in [9.17, 15) is 19.2 Å². The van der Waals surface area contributed by atoms with Gasteiger partial charge in [0.15, 0.2) is 5.78 Å². The molecule has 10 heteroatoms. The molecule has 1 heterocycles. The van der Waals surface area contributed by atoms with E-state index < -0.39 is 42.9 Å². The summed E-state index contributed by atoms with van der Waals surface area (Å²) in [5.74, 6) is -0.995. The van der Waals surface area contributed by atoms with Gasteiger partial charge in [-0.05, 0) is 36.5 Å². The molecule has 1 saturated heterocycles. The van der Waals surface area contributed by atoms with E-state index in [1.807, 2.05) is 0 Å². The Kier molecular flexibility index (Phi) is 12.3. The number of ether oxygens (including phenoxy) is 1. The second-order valence-electron chi connectivity index (χ2n) is 8.05. The minimum Gasteiger partial charge on any atom is -0.445 e. The topological polar surface area (TPSA) is 134 Å². The molecular formula is C22H32ClN3O6. The van der Waals surface area contributed by atoms with Gasteiger partial charge in [-0.15, -0.1) is 0 Å². The Hall–Kier alpha value is -2.65. The molecule has 2 rings (SSSR count). The van der Waals surface area contributed by atoms with Crippen LogP contribution in [0.4, 0.5) is 4.79 Å². The van der Waals surface area contributed by atoms with Crippen LogP contribution in [-0.2, 0) is 25.7 Å². The summed E-state index contributed by atoms with van der Waals surface area (Å²) in [5.41, 5.74) is 0.690. The van der Waals surface area contributed by atoms with Gasteiger partial charge in [-0.2, -0.15) is 0 Å². The summed E-state index contributed by atoms with van der Waals surface area (Å²) < 4.78 is 4.98. The molecule has 1 aromatic carbocycles. The number of carbonyl (C=O) groups excluding carboxylic acids is 4. The van der Waals surface area contributed by atoms with Gasteiger partial charge in [0.2, 0.25) is 11.8 Å². The van der Waals surface area contributed by atoms with E-state index in [4.69, 9.17) is 21.4 Å². The number of Topliss-reactive ketones (excluding diaryl/α,β-unsaturated/α-hetero) is 1. The summed E-state index contributed by atoms with van der Waals surface area (Å²) >= 11 is 5.84. The number of hydrogen-bond acceptors (Lipinski definition) is 6. The first-order valence-corrected chi connectivity index (χ1v) is 10.9. The van der Waals surface area contributed by atoms with Crippen molar-refractivity contribution in [3.05, 3.63) is 34.9 Å². The summed E-state index contributed by atoms with van der Waals surface area (Å²) in [5, 5.41) is 16.9. The summed E-state index contributed by atoms with van der Waals surface area (Å²) in [4.78, 5) is 47.2. The number of amides is 3. The van der Waals surface area contributed by atoms with Crippen molar-refractivity contribution in [3.8, 4) is 0 Å². The first kappa shape index (κ1) is 27.4. The predicted octanol–water partition coefficient (Wildman–Crippen LogP) is 1.80. The third-order valence-corrected chi connectivity index (χ3v) is 4.45. The Bertz CT molecular complexity index is 784. The highest BCUT2D eigenvalue weighted by Gasteiger charge is 2.30. The van der Waals surface area contributed by atoms with Crippen molar-refractivity contribution >= 4 is 35.3 Å². The van der Waals surface area contributed by atoms with Crippen LogP contribution in [-0.4, -0.2) is 54.5 Å². The van der Waals surface area contributed by atoms with Crippen LogP contribution in [0.1, 0.15) is 39.2 Å². The van der Waals surface area contributed by atoms with E-state index in [1.165, 1.54) is 0 Å². The lowest BCUT2D eigenvalue weighted by Gasteiger charge is -2.19. The number of nitrogens with one attached hydrogen (secondary N) is 3. The number of aliphatic hydroxyl groups excluding tert-OH is 1. The molecule has 32 heavy (non-hydrogen) atoms.